The SMILES string of the molecule is CCOc1ccc(Cl)cc1S(=O)(=O)NC(C)C(=O)Nc1ccc(Cl)c(Cl)c1. The molecule has 1 unspecified atom stereocenters. The smallest absolute Gasteiger partial charge is 0.245 e. The third-order valence-corrected chi connectivity index (χ3v) is 5.94. The molecule has 2 rings (SSSR count). The Bertz CT molecular complexity index is 951. The van der Waals surface area contributed by atoms with Crippen LogP contribution in [0.1, 0.15) is 13.8 Å². The average molecular weight is 452 g/mol. The summed E-state index contributed by atoms with van der Waals surface area (Å²) < 4.78 is 33.0. The normalized spacial score (nSPS) is 12.5. The highest BCUT2D eigenvalue weighted by atomic mass is 35.5. The van der Waals surface area contributed by atoms with Gasteiger partial charge in [0.25, 0.3) is 0 Å². The number of anilines is 1. The first-order chi connectivity index (χ1) is 12.6. The lowest BCUT2D eigenvalue weighted by atomic mass is 10.3. The zero-order valence-corrected chi connectivity index (χ0v) is 17.5. The molecular formula is C17H17Cl3N2O4S. The molecule has 0 radical (unpaired) electrons. The van der Waals surface area contributed by atoms with E-state index in [2.05, 4.69) is 10.0 Å². The lowest BCUT2D eigenvalue weighted by Gasteiger charge is -2.17. The largest absolute Gasteiger partial charge is 0.492 e. The minimum atomic E-state index is -4.05. The highest BCUT2D eigenvalue weighted by molar-refractivity contribution is 7.89. The van der Waals surface area contributed by atoms with E-state index in [1.165, 1.54) is 37.3 Å². The monoisotopic (exact) mass is 450 g/mol. The van der Waals surface area contributed by atoms with Crippen LogP contribution < -0.4 is 14.8 Å². The fraction of sp³-hybridized carbons (Fsp3) is 0.235. The minimum Gasteiger partial charge on any atom is -0.492 e. The summed E-state index contributed by atoms with van der Waals surface area (Å²) in [4.78, 5) is 12.2. The number of benzene rings is 2. The molecule has 146 valence electrons. The Morgan fingerprint density at radius 1 is 1.11 bits per heavy atom. The molecule has 0 aliphatic carbocycles. The zero-order chi connectivity index (χ0) is 20.2. The van der Waals surface area contributed by atoms with Gasteiger partial charge < -0.3 is 10.1 Å². The van der Waals surface area contributed by atoms with Crippen LogP contribution in [0.4, 0.5) is 5.69 Å². The summed E-state index contributed by atoms with van der Waals surface area (Å²) in [5, 5.41) is 3.40. The van der Waals surface area contributed by atoms with Crippen molar-refractivity contribution in [2.45, 2.75) is 24.8 Å². The molecule has 27 heavy (non-hydrogen) atoms. The number of ether oxygens (including phenoxy) is 1. The van der Waals surface area contributed by atoms with Crippen molar-refractivity contribution in [3.8, 4) is 5.75 Å². The molecule has 0 aliphatic rings. The van der Waals surface area contributed by atoms with Gasteiger partial charge >= 0.3 is 0 Å². The summed E-state index contributed by atoms with van der Waals surface area (Å²) in [6.07, 6.45) is 0. The maximum absolute atomic E-state index is 12.7. The summed E-state index contributed by atoms with van der Waals surface area (Å²) in [5.74, 6) is -0.427. The molecule has 0 spiro atoms. The Balaban J connectivity index is 2.18. The third-order valence-electron chi connectivity index (χ3n) is 3.41. The summed E-state index contributed by atoms with van der Waals surface area (Å²) in [5.41, 5.74) is 0.387. The molecule has 2 N–H and O–H groups in total. The molecule has 6 nitrogen and oxygen atoms in total. The topological polar surface area (TPSA) is 84.5 Å². The zero-order valence-electron chi connectivity index (χ0n) is 14.4. The van der Waals surface area contributed by atoms with Gasteiger partial charge in [0.15, 0.2) is 0 Å². The summed E-state index contributed by atoms with van der Waals surface area (Å²) >= 11 is 17.6. The Hall–Kier alpha value is -1.51. The van der Waals surface area contributed by atoms with Gasteiger partial charge in [0, 0.05) is 10.7 Å². The van der Waals surface area contributed by atoms with Crippen molar-refractivity contribution in [2.24, 2.45) is 0 Å². The predicted octanol–water partition coefficient (Wildman–Crippen LogP) is 4.35. The van der Waals surface area contributed by atoms with Gasteiger partial charge in [-0.1, -0.05) is 34.8 Å². The molecule has 0 fully saturated rings. The number of amides is 1. The second-order valence-electron chi connectivity index (χ2n) is 5.49. The first-order valence-corrected chi connectivity index (χ1v) is 10.5. The molecule has 2 aromatic carbocycles. The standard InChI is InChI=1S/C17H17Cl3N2O4S/c1-3-26-15-7-4-11(18)8-16(15)27(24,25)22-10(2)17(23)21-12-5-6-13(19)14(20)9-12/h4-10,22H,3H2,1-2H3,(H,21,23). The van der Waals surface area contributed by atoms with Crippen LogP contribution in [0.25, 0.3) is 0 Å². The number of rotatable bonds is 7. The van der Waals surface area contributed by atoms with E-state index in [4.69, 9.17) is 39.5 Å². The van der Waals surface area contributed by atoms with E-state index in [0.717, 1.165) is 0 Å². The molecule has 2 aromatic rings. The van der Waals surface area contributed by atoms with Gasteiger partial charge in [-0.05, 0) is 50.2 Å². The molecule has 10 heteroatoms. The highest BCUT2D eigenvalue weighted by Gasteiger charge is 2.25. The molecule has 0 heterocycles. The summed E-state index contributed by atoms with van der Waals surface area (Å²) in [6.45, 7) is 3.42. The van der Waals surface area contributed by atoms with Crippen molar-refractivity contribution in [1.82, 2.24) is 4.72 Å². The molecule has 0 saturated heterocycles. The number of carbonyl (C=O) groups is 1. The van der Waals surface area contributed by atoms with Gasteiger partial charge in [0.05, 0.1) is 22.7 Å². The van der Waals surface area contributed by atoms with Crippen LogP contribution in [-0.2, 0) is 14.8 Å². The number of nitrogens with one attached hydrogen (secondary N) is 2. The van der Waals surface area contributed by atoms with Gasteiger partial charge in [0.2, 0.25) is 15.9 Å². The predicted molar refractivity (Wildman–Crippen MR) is 107 cm³/mol. The van der Waals surface area contributed by atoms with Crippen LogP contribution in [0.3, 0.4) is 0 Å². The van der Waals surface area contributed by atoms with Crippen LogP contribution in [0.15, 0.2) is 41.3 Å². The number of hydrogen-bond acceptors (Lipinski definition) is 4. The fourth-order valence-electron chi connectivity index (χ4n) is 2.14. The molecule has 0 aliphatic heterocycles. The molecule has 0 bridgehead atoms. The Morgan fingerprint density at radius 2 is 1.81 bits per heavy atom. The van der Waals surface area contributed by atoms with Gasteiger partial charge in [-0.25, -0.2) is 8.42 Å². The van der Waals surface area contributed by atoms with Crippen molar-refractivity contribution >= 4 is 56.4 Å². The quantitative estimate of drug-likeness (QED) is 0.655. The summed E-state index contributed by atoms with van der Waals surface area (Å²) in [6, 6.07) is 7.71. The van der Waals surface area contributed by atoms with Crippen LogP contribution in [0, 0.1) is 0 Å². The maximum Gasteiger partial charge on any atom is 0.245 e. The van der Waals surface area contributed by atoms with Crippen molar-refractivity contribution in [3.05, 3.63) is 51.5 Å². The minimum absolute atomic E-state index is 0.145. The highest BCUT2D eigenvalue weighted by Crippen LogP contribution is 2.28. The van der Waals surface area contributed by atoms with Crippen molar-refractivity contribution in [1.29, 1.82) is 0 Å². The Morgan fingerprint density at radius 3 is 2.44 bits per heavy atom. The first kappa shape index (κ1) is 21.8. The van der Waals surface area contributed by atoms with Crippen LogP contribution in [-0.4, -0.2) is 27.0 Å². The number of hydrogen-bond donors (Lipinski definition) is 2. The molecule has 0 aromatic heterocycles. The lowest BCUT2D eigenvalue weighted by Crippen LogP contribution is -2.41. The van der Waals surface area contributed by atoms with E-state index in [1.807, 2.05) is 0 Å². The van der Waals surface area contributed by atoms with E-state index in [0.29, 0.717) is 10.7 Å². The molecule has 0 saturated carbocycles. The number of halogens is 3. The summed E-state index contributed by atoms with van der Waals surface area (Å²) in [7, 11) is -4.05. The van der Waals surface area contributed by atoms with Crippen molar-refractivity contribution < 1.29 is 17.9 Å². The Labute approximate surface area is 172 Å². The van der Waals surface area contributed by atoms with Crippen LogP contribution in [0.2, 0.25) is 15.1 Å². The average Bonchev–Trinajstić information content (AvgIpc) is 2.59. The van der Waals surface area contributed by atoms with Crippen LogP contribution >= 0.6 is 34.8 Å². The van der Waals surface area contributed by atoms with Crippen molar-refractivity contribution in [3.63, 3.8) is 0 Å². The third kappa shape index (κ3) is 5.73. The Kier molecular flexibility index (Phi) is 7.36. The van der Waals surface area contributed by atoms with Gasteiger partial charge in [-0.3, -0.25) is 4.79 Å². The van der Waals surface area contributed by atoms with Crippen molar-refractivity contribution in [2.75, 3.05) is 11.9 Å². The molecular weight excluding hydrogens is 435 g/mol. The van der Waals surface area contributed by atoms with E-state index in [9.17, 15) is 13.2 Å². The number of carbonyl (C=O) groups excluding carboxylic acids is 1. The van der Waals surface area contributed by atoms with Crippen LogP contribution in [0.5, 0.6) is 5.75 Å². The molecule has 1 atom stereocenters. The molecule has 1 amide bonds. The van der Waals surface area contributed by atoms with E-state index in [-0.39, 0.29) is 27.3 Å². The van der Waals surface area contributed by atoms with Gasteiger partial charge in [-0.2, -0.15) is 4.72 Å². The first-order valence-electron chi connectivity index (χ1n) is 7.84. The fourth-order valence-corrected chi connectivity index (χ4v) is 4.05. The van der Waals surface area contributed by atoms with Gasteiger partial charge in [0.1, 0.15) is 10.6 Å². The van der Waals surface area contributed by atoms with Gasteiger partial charge in [-0.15, -0.1) is 0 Å². The second-order valence-corrected chi connectivity index (χ2v) is 8.42. The second kappa shape index (κ2) is 9.12. The lowest BCUT2D eigenvalue weighted by molar-refractivity contribution is -0.117. The number of sulfonamides is 1. The van der Waals surface area contributed by atoms with E-state index >= 15 is 0 Å². The maximum atomic E-state index is 12.7. The van der Waals surface area contributed by atoms with E-state index < -0.39 is 22.0 Å². The van der Waals surface area contributed by atoms with E-state index in [1.54, 1.807) is 13.0 Å².